The van der Waals surface area contributed by atoms with Gasteiger partial charge in [0.2, 0.25) is 0 Å². The Bertz CT molecular complexity index is 357. The first-order valence-electron chi connectivity index (χ1n) is 6.65. The summed E-state index contributed by atoms with van der Waals surface area (Å²) in [5, 5.41) is 86.6. The molecule has 0 aliphatic rings. The monoisotopic (exact) mass is 400 g/mol. The molecular formula is C12H25KO12. The Morgan fingerprint density at radius 3 is 1.48 bits per heavy atom. The van der Waals surface area contributed by atoms with Crippen LogP contribution in [0.25, 0.3) is 0 Å². The summed E-state index contributed by atoms with van der Waals surface area (Å²) in [6, 6.07) is 0. The van der Waals surface area contributed by atoms with Crippen LogP contribution in [0.1, 0.15) is 0 Å². The maximum atomic E-state index is 10.5. The summed E-state index contributed by atoms with van der Waals surface area (Å²) in [6.45, 7) is -2.45. The number of carbonyl (C=O) groups excluding carboxylic acids is 2. The second kappa shape index (κ2) is 16.7. The number of aldehydes is 1. The van der Waals surface area contributed by atoms with Crippen molar-refractivity contribution in [3.05, 3.63) is 0 Å². The molecule has 7 atom stereocenters. The summed E-state index contributed by atoms with van der Waals surface area (Å²) in [5.41, 5.74) is 0. The molecule has 13 heteroatoms. The Morgan fingerprint density at radius 1 is 0.760 bits per heavy atom. The van der Waals surface area contributed by atoms with Crippen LogP contribution in [0.3, 0.4) is 0 Å². The molecule has 0 aliphatic carbocycles. The van der Waals surface area contributed by atoms with Gasteiger partial charge in [-0.1, -0.05) is 0 Å². The van der Waals surface area contributed by atoms with Gasteiger partial charge in [-0.2, -0.15) is 0 Å². The van der Waals surface area contributed by atoms with E-state index in [4.69, 9.17) is 51.1 Å². The van der Waals surface area contributed by atoms with E-state index in [1.165, 1.54) is 0 Å². The van der Waals surface area contributed by atoms with Crippen molar-refractivity contribution in [1.29, 1.82) is 0 Å². The van der Waals surface area contributed by atoms with Crippen LogP contribution in [0.5, 0.6) is 0 Å². The fourth-order valence-electron chi connectivity index (χ4n) is 1.22. The summed E-state index contributed by atoms with van der Waals surface area (Å²) >= 11 is 0. The molecule has 0 heterocycles. The van der Waals surface area contributed by atoms with Gasteiger partial charge < -0.3 is 55.9 Å². The third-order valence-corrected chi connectivity index (χ3v) is 2.81. The topological polar surface area (TPSA) is 236 Å². The average molecular weight is 400 g/mol. The summed E-state index contributed by atoms with van der Waals surface area (Å²) in [5.74, 6) is -1.00. The zero-order chi connectivity index (χ0) is 19.4. The van der Waals surface area contributed by atoms with Gasteiger partial charge in [0.25, 0.3) is 0 Å². The van der Waals surface area contributed by atoms with Crippen LogP contribution >= 0.6 is 0 Å². The quantitative estimate of drug-likeness (QED) is 0.122. The number of rotatable bonds is 10. The van der Waals surface area contributed by atoms with E-state index >= 15 is 0 Å². The van der Waals surface area contributed by atoms with E-state index in [2.05, 4.69) is 0 Å². The molecule has 0 saturated carbocycles. The molecule has 10 N–H and O–H groups in total. The summed E-state index contributed by atoms with van der Waals surface area (Å²) in [4.78, 5) is 20.4. The molecule has 12 nitrogen and oxygen atoms in total. The van der Waals surface area contributed by atoms with Crippen LogP contribution in [-0.2, 0) is 9.59 Å². The van der Waals surface area contributed by atoms with Gasteiger partial charge >= 0.3 is 51.4 Å². The zero-order valence-corrected chi connectivity index (χ0v) is 12.5. The van der Waals surface area contributed by atoms with Crippen molar-refractivity contribution in [3.8, 4) is 0 Å². The van der Waals surface area contributed by atoms with Crippen molar-refractivity contribution in [2.75, 3.05) is 19.8 Å². The molecule has 0 saturated heterocycles. The normalized spacial score (nSPS) is 19.0. The minimum atomic E-state index is -1.86. The van der Waals surface area contributed by atoms with Crippen LogP contribution in [-0.4, -0.2) is 177 Å². The first-order chi connectivity index (χ1) is 11.1. The predicted octanol–water partition coefficient (Wildman–Crippen LogP) is -7.40. The summed E-state index contributed by atoms with van der Waals surface area (Å²) in [6.07, 6.45) is -12.1. The van der Waals surface area contributed by atoms with Crippen LogP contribution < -0.4 is 0 Å². The number of Topliss-reactive ketones (excluding diaryl/α,β-unsaturated/α-hetero) is 1. The second-order valence-corrected chi connectivity index (χ2v) is 4.67. The molecule has 0 rings (SSSR count). The van der Waals surface area contributed by atoms with E-state index in [0.29, 0.717) is 0 Å². The Morgan fingerprint density at radius 2 is 1.16 bits per heavy atom. The molecule has 0 aliphatic heterocycles. The first kappa shape index (κ1) is 30.3. The van der Waals surface area contributed by atoms with Crippen LogP contribution in [0.2, 0.25) is 0 Å². The second-order valence-electron chi connectivity index (χ2n) is 4.67. The molecule has 0 fully saturated rings. The average Bonchev–Trinajstić information content (AvgIpc) is 2.62. The SMILES string of the molecule is O=C(CO)[C@@H](O)[C@H](O)[C@H](O)CO.O=C[C@H](O)[C@@H](O)[C@H](O)[C@H](O)CO.[KH]. The van der Waals surface area contributed by atoms with Crippen molar-refractivity contribution in [2.45, 2.75) is 42.7 Å². The fraction of sp³-hybridized carbons (Fsp3) is 0.833. The molecule has 0 aromatic heterocycles. The van der Waals surface area contributed by atoms with E-state index in [9.17, 15) is 9.59 Å². The number of aliphatic hydroxyl groups excluding tert-OH is 10. The minimum absolute atomic E-state index is 0. The van der Waals surface area contributed by atoms with Crippen molar-refractivity contribution in [2.24, 2.45) is 0 Å². The standard InChI is InChI=1S/2C6H12O6.K.H/c2*7-1-3(9)5(11)6(12)4(10)2-8;;/h3,5-9,11-12H,1-2H2;1,3-6,8-12H,2H2;;/t3-,5-,6-;3-,4+,5+,6+;;/m10../s1. The molecule has 146 valence electrons. The molecule has 0 radical (unpaired) electrons. The summed E-state index contributed by atoms with van der Waals surface area (Å²) in [7, 11) is 0. The van der Waals surface area contributed by atoms with E-state index in [-0.39, 0.29) is 57.7 Å². The molecule has 0 aromatic carbocycles. The van der Waals surface area contributed by atoms with Crippen molar-refractivity contribution in [1.82, 2.24) is 0 Å². The number of hydrogen-bond donors (Lipinski definition) is 10. The Hall–Kier alpha value is 0.576. The number of ketones is 1. The Balaban J connectivity index is -0.000000372. The van der Waals surface area contributed by atoms with Gasteiger partial charge in [-0.15, -0.1) is 0 Å². The Kier molecular flexibility index (Phi) is 20.3. The first-order valence-corrected chi connectivity index (χ1v) is 6.65. The van der Waals surface area contributed by atoms with E-state index in [1.54, 1.807) is 0 Å². The molecule has 0 bridgehead atoms. The number of carbonyl (C=O) groups is 2. The van der Waals surface area contributed by atoms with Crippen molar-refractivity contribution < 1.29 is 60.7 Å². The van der Waals surface area contributed by atoms with E-state index in [0.717, 1.165) is 0 Å². The van der Waals surface area contributed by atoms with Crippen LogP contribution in [0, 0.1) is 0 Å². The van der Waals surface area contributed by atoms with Gasteiger partial charge in [0.1, 0.15) is 49.3 Å². The molecule has 25 heavy (non-hydrogen) atoms. The number of aliphatic hydroxyl groups is 10. The van der Waals surface area contributed by atoms with Crippen LogP contribution in [0.15, 0.2) is 0 Å². The molecule has 0 aromatic rings. The zero-order valence-electron chi connectivity index (χ0n) is 12.5. The van der Waals surface area contributed by atoms with Gasteiger partial charge in [-0.3, -0.25) is 4.79 Å². The molecular weight excluding hydrogens is 375 g/mol. The van der Waals surface area contributed by atoms with Gasteiger partial charge in [-0.05, 0) is 0 Å². The van der Waals surface area contributed by atoms with Gasteiger partial charge in [-0.25, -0.2) is 0 Å². The fourth-order valence-corrected chi connectivity index (χ4v) is 1.22. The number of hydrogen-bond acceptors (Lipinski definition) is 12. The third kappa shape index (κ3) is 11.8. The Labute approximate surface area is 185 Å². The molecule has 0 unspecified atom stereocenters. The van der Waals surface area contributed by atoms with Crippen molar-refractivity contribution in [3.63, 3.8) is 0 Å². The third-order valence-electron chi connectivity index (χ3n) is 2.81. The molecule has 0 amide bonds. The predicted molar refractivity (Wildman–Crippen MR) is 81.5 cm³/mol. The maximum absolute atomic E-state index is 10.5. The summed E-state index contributed by atoms with van der Waals surface area (Å²) < 4.78 is 0. The van der Waals surface area contributed by atoms with Gasteiger partial charge in [0.05, 0.1) is 13.2 Å². The van der Waals surface area contributed by atoms with E-state index in [1.807, 2.05) is 0 Å². The van der Waals surface area contributed by atoms with Crippen LogP contribution in [0.4, 0.5) is 0 Å². The molecule has 0 spiro atoms. The van der Waals surface area contributed by atoms with Crippen molar-refractivity contribution >= 4 is 63.5 Å². The van der Waals surface area contributed by atoms with Gasteiger partial charge in [0.15, 0.2) is 12.1 Å². The van der Waals surface area contributed by atoms with Gasteiger partial charge in [0, 0.05) is 0 Å². The van der Waals surface area contributed by atoms with E-state index < -0.39 is 68.3 Å².